The average Bonchev–Trinajstić information content (AvgIpc) is 2.76. The minimum Gasteiger partial charge on any atom is -0.476 e. The highest BCUT2D eigenvalue weighted by molar-refractivity contribution is 5.86. The van der Waals surface area contributed by atoms with Crippen molar-refractivity contribution in [1.82, 2.24) is 20.0 Å². The summed E-state index contributed by atoms with van der Waals surface area (Å²) in [6.45, 7) is 8.22. The normalized spacial score (nSPS) is 11.6. The van der Waals surface area contributed by atoms with Gasteiger partial charge in [-0.3, -0.25) is 4.98 Å². The van der Waals surface area contributed by atoms with Crippen LogP contribution in [0.3, 0.4) is 0 Å². The van der Waals surface area contributed by atoms with Crippen molar-refractivity contribution < 1.29 is 9.90 Å². The highest BCUT2D eigenvalue weighted by Crippen LogP contribution is 2.25. The van der Waals surface area contributed by atoms with Gasteiger partial charge in [0.25, 0.3) is 0 Å². The second-order valence-corrected chi connectivity index (χ2v) is 5.77. The summed E-state index contributed by atoms with van der Waals surface area (Å²) in [4.78, 5) is 15.6. The Morgan fingerprint density at radius 3 is 2.65 bits per heavy atom. The highest BCUT2D eigenvalue weighted by atomic mass is 16.4. The van der Waals surface area contributed by atoms with E-state index in [2.05, 4.69) is 15.3 Å². The van der Waals surface area contributed by atoms with Gasteiger partial charge in [-0.15, -0.1) is 5.10 Å². The van der Waals surface area contributed by atoms with E-state index in [1.165, 1.54) is 0 Å². The van der Waals surface area contributed by atoms with Crippen molar-refractivity contribution in [3.63, 3.8) is 0 Å². The number of nitrogens with zero attached hydrogens (tertiary/aromatic N) is 4. The molecule has 0 aromatic carbocycles. The molecule has 0 spiro atoms. The summed E-state index contributed by atoms with van der Waals surface area (Å²) in [7, 11) is 0. The molecule has 0 amide bonds. The molecule has 0 bridgehead atoms. The number of aryl methyl sites for hydroxylation is 1. The molecule has 0 atom stereocenters. The van der Waals surface area contributed by atoms with E-state index >= 15 is 0 Å². The maximum atomic E-state index is 11.3. The average molecular weight is 274 g/mol. The van der Waals surface area contributed by atoms with Crippen LogP contribution in [0, 0.1) is 6.92 Å². The zero-order valence-corrected chi connectivity index (χ0v) is 12.1. The molecule has 106 valence electrons. The first-order valence-corrected chi connectivity index (χ1v) is 6.38. The second-order valence-electron chi connectivity index (χ2n) is 5.77. The summed E-state index contributed by atoms with van der Waals surface area (Å²) in [6, 6.07) is 3.83. The molecular formula is C14H18N4O2. The van der Waals surface area contributed by atoms with E-state index in [1.54, 1.807) is 10.9 Å². The first-order valence-electron chi connectivity index (χ1n) is 6.38. The largest absolute Gasteiger partial charge is 0.476 e. The van der Waals surface area contributed by atoms with Crippen molar-refractivity contribution >= 4 is 5.97 Å². The van der Waals surface area contributed by atoms with Crippen LogP contribution < -0.4 is 0 Å². The number of hydrogen-bond acceptors (Lipinski definition) is 4. The van der Waals surface area contributed by atoms with Crippen molar-refractivity contribution in [2.75, 3.05) is 0 Å². The summed E-state index contributed by atoms with van der Waals surface area (Å²) in [5.41, 5.74) is 2.15. The molecule has 0 radical (unpaired) electrons. The minimum absolute atomic E-state index is 0.00563. The first kappa shape index (κ1) is 14.2. The monoisotopic (exact) mass is 274 g/mol. The van der Waals surface area contributed by atoms with Gasteiger partial charge < -0.3 is 5.11 Å². The van der Waals surface area contributed by atoms with Gasteiger partial charge in [0.2, 0.25) is 0 Å². The molecule has 2 rings (SSSR count). The Labute approximate surface area is 117 Å². The van der Waals surface area contributed by atoms with Gasteiger partial charge in [0.15, 0.2) is 5.69 Å². The molecule has 20 heavy (non-hydrogen) atoms. The van der Waals surface area contributed by atoms with Gasteiger partial charge in [-0.1, -0.05) is 32.1 Å². The molecule has 2 aromatic rings. The fourth-order valence-electron chi connectivity index (χ4n) is 2.14. The predicted molar refractivity (Wildman–Crippen MR) is 73.8 cm³/mol. The quantitative estimate of drug-likeness (QED) is 0.926. The third-order valence-corrected chi connectivity index (χ3v) is 3.07. The Morgan fingerprint density at radius 1 is 1.40 bits per heavy atom. The smallest absolute Gasteiger partial charge is 0.358 e. The molecule has 6 nitrogen and oxygen atoms in total. The van der Waals surface area contributed by atoms with Crippen molar-refractivity contribution in [1.29, 1.82) is 0 Å². The fraction of sp³-hybridized carbons (Fsp3) is 0.429. The zero-order valence-electron chi connectivity index (χ0n) is 12.1. The maximum absolute atomic E-state index is 11.3. The summed E-state index contributed by atoms with van der Waals surface area (Å²) >= 11 is 0. The van der Waals surface area contributed by atoms with Crippen LogP contribution in [-0.2, 0) is 12.0 Å². The standard InChI is InChI=1S/C14H18N4O2/c1-9-6-5-7-15-10(9)8-18-12(14(2,3)4)11(13(19)20)16-17-18/h5-7H,8H2,1-4H3,(H,19,20). The lowest BCUT2D eigenvalue weighted by molar-refractivity contribution is 0.0687. The molecule has 0 unspecified atom stereocenters. The van der Waals surface area contributed by atoms with Gasteiger partial charge in [0.1, 0.15) is 0 Å². The zero-order chi connectivity index (χ0) is 14.9. The van der Waals surface area contributed by atoms with Gasteiger partial charge in [0, 0.05) is 11.6 Å². The molecule has 0 saturated heterocycles. The van der Waals surface area contributed by atoms with E-state index in [0.717, 1.165) is 11.3 Å². The molecule has 0 saturated carbocycles. The Hall–Kier alpha value is -2.24. The van der Waals surface area contributed by atoms with Crippen LogP contribution in [-0.4, -0.2) is 31.1 Å². The number of carboxylic acid groups (broad SMARTS) is 1. The second kappa shape index (κ2) is 5.03. The molecule has 2 aromatic heterocycles. The summed E-state index contributed by atoms with van der Waals surface area (Å²) in [5, 5.41) is 17.0. The number of carboxylic acids is 1. The lowest BCUT2D eigenvalue weighted by Crippen LogP contribution is -2.22. The Kier molecular flexibility index (Phi) is 3.57. The predicted octanol–water partition coefficient (Wildman–Crippen LogP) is 2.03. The Balaban J connectivity index is 2.48. The molecule has 1 N–H and O–H groups in total. The van der Waals surface area contributed by atoms with Crippen molar-refractivity contribution in [2.24, 2.45) is 0 Å². The Morgan fingerprint density at radius 2 is 2.10 bits per heavy atom. The molecule has 0 aliphatic heterocycles. The SMILES string of the molecule is Cc1cccnc1Cn1nnc(C(=O)O)c1C(C)(C)C. The summed E-state index contributed by atoms with van der Waals surface area (Å²) in [6.07, 6.45) is 1.72. The molecular weight excluding hydrogens is 256 g/mol. The van der Waals surface area contributed by atoms with E-state index < -0.39 is 5.97 Å². The topological polar surface area (TPSA) is 80.9 Å². The van der Waals surface area contributed by atoms with Gasteiger partial charge in [-0.2, -0.15) is 0 Å². The van der Waals surface area contributed by atoms with Crippen LogP contribution in [0.5, 0.6) is 0 Å². The lowest BCUT2D eigenvalue weighted by atomic mass is 9.90. The van der Waals surface area contributed by atoms with Crippen LogP contribution >= 0.6 is 0 Å². The van der Waals surface area contributed by atoms with Crippen LogP contribution in [0.1, 0.15) is 48.2 Å². The van der Waals surface area contributed by atoms with E-state index in [0.29, 0.717) is 12.2 Å². The molecule has 0 aliphatic carbocycles. The Bertz CT molecular complexity index is 641. The lowest BCUT2D eigenvalue weighted by Gasteiger charge is -2.20. The van der Waals surface area contributed by atoms with Crippen LogP contribution in [0.4, 0.5) is 0 Å². The number of aromatic carboxylic acids is 1. The van der Waals surface area contributed by atoms with E-state index in [1.807, 2.05) is 39.8 Å². The number of carbonyl (C=O) groups is 1. The molecule has 0 fully saturated rings. The van der Waals surface area contributed by atoms with Gasteiger partial charge in [-0.25, -0.2) is 9.48 Å². The summed E-state index contributed by atoms with van der Waals surface area (Å²) in [5.74, 6) is -1.06. The molecule has 2 heterocycles. The van der Waals surface area contributed by atoms with E-state index in [-0.39, 0.29) is 11.1 Å². The van der Waals surface area contributed by atoms with Crippen molar-refractivity contribution in [2.45, 2.75) is 39.7 Å². The number of aromatic nitrogens is 4. The van der Waals surface area contributed by atoms with Crippen LogP contribution in [0.25, 0.3) is 0 Å². The van der Waals surface area contributed by atoms with Crippen molar-refractivity contribution in [3.8, 4) is 0 Å². The third kappa shape index (κ3) is 2.68. The minimum atomic E-state index is -1.06. The van der Waals surface area contributed by atoms with E-state index in [9.17, 15) is 9.90 Å². The fourth-order valence-corrected chi connectivity index (χ4v) is 2.14. The van der Waals surface area contributed by atoms with Gasteiger partial charge in [-0.05, 0) is 18.6 Å². The maximum Gasteiger partial charge on any atom is 0.358 e. The highest BCUT2D eigenvalue weighted by Gasteiger charge is 2.29. The van der Waals surface area contributed by atoms with Crippen LogP contribution in [0.2, 0.25) is 0 Å². The number of rotatable bonds is 3. The molecule has 0 aliphatic rings. The summed E-state index contributed by atoms with van der Waals surface area (Å²) < 4.78 is 1.62. The number of hydrogen-bond donors (Lipinski definition) is 1. The van der Waals surface area contributed by atoms with E-state index in [4.69, 9.17) is 0 Å². The van der Waals surface area contributed by atoms with Gasteiger partial charge >= 0.3 is 5.97 Å². The third-order valence-electron chi connectivity index (χ3n) is 3.07. The molecule has 6 heteroatoms. The van der Waals surface area contributed by atoms with Gasteiger partial charge in [0.05, 0.1) is 17.9 Å². The van der Waals surface area contributed by atoms with Crippen molar-refractivity contribution in [3.05, 3.63) is 41.0 Å². The van der Waals surface area contributed by atoms with Crippen LogP contribution in [0.15, 0.2) is 18.3 Å². The number of pyridine rings is 1. The first-order chi connectivity index (χ1) is 9.30.